The average molecular weight is 385 g/mol. The molecule has 0 bridgehead atoms. The second-order valence-electron chi connectivity index (χ2n) is 6.92. The van der Waals surface area contributed by atoms with E-state index < -0.39 is 0 Å². The highest BCUT2D eigenvalue weighted by atomic mass is 16.7. The molecule has 2 N–H and O–H groups in total. The fraction of sp³-hybridized carbons (Fsp3) is 0.130. The summed E-state index contributed by atoms with van der Waals surface area (Å²) in [6.45, 7) is 0.177. The number of nitrogens with one attached hydrogen (secondary N) is 2. The van der Waals surface area contributed by atoms with Crippen molar-refractivity contribution in [2.45, 2.75) is 12.5 Å². The fourth-order valence-corrected chi connectivity index (χ4v) is 3.48. The van der Waals surface area contributed by atoms with Gasteiger partial charge in [-0.25, -0.2) is 4.98 Å². The van der Waals surface area contributed by atoms with Gasteiger partial charge >= 0.3 is 0 Å². The first-order valence-corrected chi connectivity index (χ1v) is 9.45. The third-order valence-corrected chi connectivity index (χ3v) is 4.96. The van der Waals surface area contributed by atoms with Crippen molar-refractivity contribution in [2.75, 3.05) is 6.79 Å². The Morgan fingerprint density at radius 1 is 1.00 bits per heavy atom. The molecule has 1 aromatic heterocycles. The molecule has 2 heterocycles. The number of hydrogen-bond acceptors (Lipinski definition) is 4. The van der Waals surface area contributed by atoms with Crippen LogP contribution in [0.2, 0.25) is 0 Å². The highest BCUT2D eigenvalue weighted by molar-refractivity contribution is 5.95. The van der Waals surface area contributed by atoms with E-state index in [0.717, 1.165) is 22.4 Å². The molecule has 0 fully saturated rings. The number of para-hydroxylation sites is 2. The van der Waals surface area contributed by atoms with Crippen molar-refractivity contribution in [2.24, 2.45) is 0 Å². The lowest BCUT2D eigenvalue weighted by Gasteiger charge is -2.17. The Hall–Kier alpha value is -3.80. The van der Waals surface area contributed by atoms with Crippen LogP contribution in [-0.2, 0) is 6.42 Å². The third kappa shape index (κ3) is 3.52. The number of rotatable bonds is 5. The normalized spacial score (nSPS) is 13.4. The number of benzene rings is 3. The standard InChI is InChI=1S/C23H19N3O3/c27-23(16-10-11-20-21(13-16)29-14-28-20)26-19(12-15-6-2-1-3-7-15)22-24-17-8-4-5-9-18(17)25-22/h1-11,13,19H,12,14H2,(H,24,25)(H,26,27). The minimum Gasteiger partial charge on any atom is -0.454 e. The van der Waals surface area contributed by atoms with Crippen LogP contribution in [0, 0.1) is 0 Å². The molecule has 0 saturated carbocycles. The van der Waals surface area contributed by atoms with Gasteiger partial charge in [-0.05, 0) is 42.3 Å². The van der Waals surface area contributed by atoms with E-state index >= 15 is 0 Å². The molecule has 4 aromatic rings. The summed E-state index contributed by atoms with van der Waals surface area (Å²) in [7, 11) is 0. The highest BCUT2D eigenvalue weighted by Gasteiger charge is 2.22. The molecule has 144 valence electrons. The van der Waals surface area contributed by atoms with Gasteiger partial charge < -0.3 is 19.8 Å². The lowest BCUT2D eigenvalue weighted by molar-refractivity contribution is 0.0934. The van der Waals surface area contributed by atoms with Crippen LogP contribution in [-0.4, -0.2) is 22.7 Å². The predicted molar refractivity (Wildman–Crippen MR) is 109 cm³/mol. The first kappa shape index (κ1) is 17.3. The maximum atomic E-state index is 13.0. The Morgan fingerprint density at radius 2 is 1.79 bits per heavy atom. The molecule has 0 saturated heterocycles. The van der Waals surface area contributed by atoms with E-state index in [9.17, 15) is 4.79 Å². The zero-order valence-corrected chi connectivity index (χ0v) is 15.6. The number of ether oxygens (including phenoxy) is 2. The van der Waals surface area contributed by atoms with Crippen LogP contribution < -0.4 is 14.8 Å². The van der Waals surface area contributed by atoms with Crippen molar-refractivity contribution >= 4 is 16.9 Å². The first-order valence-electron chi connectivity index (χ1n) is 9.45. The minimum absolute atomic E-state index is 0.177. The van der Waals surface area contributed by atoms with E-state index in [2.05, 4.69) is 10.3 Å². The lowest BCUT2D eigenvalue weighted by atomic mass is 10.0. The van der Waals surface area contributed by atoms with Gasteiger partial charge in [0, 0.05) is 5.56 Å². The van der Waals surface area contributed by atoms with E-state index in [1.807, 2.05) is 54.6 Å². The Labute approximate surface area is 167 Å². The summed E-state index contributed by atoms with van der Waals surface area (Å²) in [5.41, 5.74) is 3.45. The Morgan fingerprint density at radius 3 is 2.66 bits per heavy atom. The zero-order chi connectivity index (χ0) is 19.6. The van der Waals surface area contributed by atoms with Crippen LogP contribution in [0.3, 0.4) is 0 Å². The molecule has 1 amide bonds. The zero-order valence-electron chi connectivity index (χ0n) is 15.6. The Balaban J connectivity index is 1.45. The van der Waals surface area contributed by atoms with E-state index in [4.69, 9.17) is 14.5 Å². The average Bonchev–Trinajstić information content (AvgIpc) is 3.40. The Kier molecular flexibility index (Phi) is 4.37. The van der Waals surface area contributed by atoms with E-state index in [-0.39, 0.29) is 18.7 Å². The number of carbonyl (C=O) groups excluding carboxylic acids is 1. The van der Waals surface area contributed by atoms with Crippen LogP contribution in [0.25, 0.3) is 11.0 Å². The van der Waals surface area contributed by atoms with Crippen molar-refractivity contribution in [3.8, 4) is 11.5 Å². The molecule has 1 atom stereocenters. The van der Waals surface area contributed by atoms with Gasteiger partial charge in [0.2, 0.25) is 6.79 Å². The maximum absolute atomic E-state index is 13.0. The number of H-pyrrole nitrogens is 1. The van der Waals surface area contributed by atoms with Crippen molar-refractivity contribution in [1.82, 2.24) is 15.3 Å². The maximum Gasteiger partial charge on any atom is 0.252 e. The van der Waals surface area contributed by atoms with Crippen molar-refractivity contribution in [1.29, 1.82) is 0 Å². The summed E-state index contributed by atoms with van der Waals surface area (Å²) in [5, 5.41) is 3.12. The van der Waals surface area contributed by atoms with Gasteiger partial charge in [-0.15, -0.1) is 0 Å². The molecule has 6 nitrogen and oxygen atoms in total. The number of carbonyl (C=O) groups is 1. The van der Waals surface area contributed by atoms with Crippen molar-refractivity contribution < 1.29 is 14.3 Å². The van der Waals surface area contributed by atoms with Gasteiger partial charge in [0.1, 0.15) is 5.82 Å². The van der Waals surface area contributed by atoms with Crippen LogP contribution in [0.5, 0.6) is 11.5 Å². The molecular weight excluding hydrogens is 366 g/mol. The quantitative estimate of drug-likeness (QED) is 0.544. The van der Waals surface area contributed by atoms with Gasteiger partial charge in [0.05, 0.1) is 17.1 Å². The second-order valence-corrected chi connectivity index (χ2v) is 6.92. The van der Waals surface area contributed by atoms with Gasteiger partial charge in [-0.3, -0.25) is 4.79 Å². The van der Waals surface area contributed by atoms with E-state index in [1.165, 1.54) is 0 Å². The van der Waals surface area contributed by atoms with Crippen LogP contribution in [0.4, 0.5) is 0 Å². The SMILES string of the molecule is O=C(NC(Cc1ccccc1)c1nc2ccccc2[nH]1)c1ccc2c(c1)OCO2. The van der Waals surface area contributed by atoms with Gasteiger partial charge in [-0.1, -0.05) is 42.5 Å². The van der Waals surface area contributed by atoms with Gasteiger partial charge in [0.15, 0.2) is 11.5 Å². The summed E-state index contributed by atoms with van der Waals surface area (Å²) < 4.78 is 10.7. The summed E-state index contributed by atoms with van der Waals surface area (Å²) in [6, 6.07) is 22.8. The van der Waals surface area contributed by atoms with Crippen LogP contribution in [0.15, 0.2) is 72.8 Å². The smallest absolute Gasteiger partial charge is 0.252 e. The molecule has 1 unspecified atom stereocenters. The molecule has 29 heavy (non-hydrogen) atoms. The third-order valence-electron chi connectivity index (χ3n) is 4.96. The number of amides is 1. The number of aromatic nitrogens is 2. The molecular formula is C23H19N3O3. The molecule has 1 aliphatic rings. The minimum atomic E-state index is -0.303. The molecule has 0 spiro atoms. The lowest BCUT2D eigenvalue weighted by Crippen LogP contribution is -2.30. The van der Waals surface area contributed by atoms with Crippen molar-refractivity contribution in [3.05, 3.63) is 89.7 Å². The molecule has 3 aromatic carbocycles. The highest BCUT2D eigenvalue weighted by Crippen LogP contribution is 2.32. The van der Waals surface area contributed by atoms with E-state index in [1.54, 1.807) is 18.2 Å². The topological polar surface area (TPSA) is 76.2 Å². The number of hydrogen-bond donors (Lipinski definition) is 2. The second kappa shape index (κ2) is 7.31. The molecule has 6 heteroatoms. The molecule has 0 aliphatic carbocycles. The predicted octanol–water partition coefficient (Wildman–Crippen LogP) is 4.01. The van der Waals surface area contributed by atoms with Crippen LogP contribution in [0.1, 0.15) is 27.8 Å². The fourth-order valence-electron chi connectivity index (χ4n) is 3.48. The molecule has 5 rings (SSSR count). The largest absolute Gasteiger partial charge is 0.454 e. The van der Waals surface area contributed by atoms with E-state index in [0.29, 0.717) is 23.5 Å². The molecule has 0 radical (unpaired) electrons. The first-order chi connectivity index (χ1) is 14.3. The number of aromatic amines is 1. The number of nitrogens with zero attached hydrogens (tertiary/aromatic N) is 1. The summed E-state index contributed by atoms with van der Waals surface area (Å²) in [5.74, 6) is 1.77. The summed E-state index contributed by atoms with van der Waals surface area (Å²) in [6.07, 6.45) is 0.622. The van der Waals surface area contributed by atoms with Gasteiger partial charge in [-0.2, -0.15) is 0 Å². The summed E-state index contributed by atoms with van der Waals surface area (Å²) >= 11 is 0. The number of fused-ring (bicyclic) bond motifs is 2. The summed E-state index contributed by atoms with van der Waals surface area (Å²) in [4.78, 5) is 21.0. The number of imidazole rings is 1. The van der Waals surface area contributed by atoms with Crippen LogP contribution >= 0.6 is 0 Å². The van der Waals surface area contributed by atoms with Crippen molar-refractivity contribution in [3.63, 3.8) is 0 Å². The monoisotopic (exact) mass is 385 g/mol. The Bertz CT molecular complexity index is 1140. The molecule has 1 aliphatic heterocycles. The van der Waals surface area contributed by atoms with Gasteiger partial charge in [0.25, 0.3) is 5.91 Å².